The fraction of sp³-hybridized carbons (Fsp3) is 0.222. The molecule has 0 spiro atoms. The van der Waals surface area contributed by atoms with Crippen LogP contribution in [0.15, 0.2) is 18.2 Å². The number of carbonyl (C=O) groups excluding carboxylic acids is 1. The Labute approximate surface area is 81.4 Å². The first-order valence-corrected chi connectivity index (χ1v) is 4.25. The van der Waals surface area contributed by atoms with E-state index in [-0.39, 0.29) is 0 Å². The van der Waals surface area contributed by atoms with Crippen molar-refractivity contribution in [3.8, 4) is 5.75 Å². The van der Waals surface area contributed by atoms with Crippen molar-refractivity contribution >= 4 is 17.5 Å². The van der Waals surface area contributed by atoms with E-state index in [1.54, 1.807) is 12.1 Å². The van der Waals surface area contributed by atoms with Gasteiger partial charge in [-0.3, -0.25) is 4.79 Å². The molecule has 1 amide bonds. The van der Waals surface area contributed by atoms with E-state index in [2.05, 4.69) is 0 Å². The summed E-state index contributed by atoms with van der Waals surface area (Å²) in [5.41, 5.74) is 5.45. The monoisotopic (exact) mass is 199 g/mol. The minimum Gasteiger partial charge on any atom is -0.492 e. The lowest BCUT2D eigenvalue weighted by molar-refractivity contribution is 0.100. The Kier molecular flexibility index (Phi) is 3.14. The summed E-state index contributed by atoms with van der Waals surface area (Å²) in [6.45, 7) is 2.40. The maximum Gasteiger partial charge on any atom is 0.248 e. The molecule has 0 aliphatic rings. The highest BCUT2D eigenvalue weighted by Crippen LogP contribution is 2.25. The molecule has 0 saturated heterocycles. The first-order valence-electron chi connectivity index (χ1n) is 3.87. The zero-order valence-corrected chi connectivity index (χ0v) is 7.97. The third-order valence-corrected chi connectivity index (χ3v) is 1.81. The Hall–Kier alpha value is -1.22. The summed E-state index contributed by atoms with van der Waals surface area (Å²) in [5.74, 6) is 0.0686. The smallest absolute Gasteiger partial charge is 0.248 e. The largest absolute Gasteiger partial charge is 0.492 e. The lowest BCUT2D eigenvalue weighted by Gasteiger charge is -2.05. The molecule has 0 heterocycles. The van der Waals surface area contributed by atoms with Gasteiger partial charge in [-0.1, -0.05) is 11.6 Å². The molecule has 0 bridgehead atoms. The van der Waals surface area contributed by atoms with Crippen molar-refractivity contribution in [1.29, 1.82) is 0 Å². The molecular formula is C9H10ClNO2. The Balaban J connectivity index is 2.98. The van der Waals surface area contributed by atoms with E-state index >= 15 is 0 Å². The van der Waals surface area contributed by atoms with Crippen LogP contribution in [0.4, 0.5) is 0 Å². The van der Waals surface area contributed by atoms with Crippen molar-refractivity contribution in [3.05, 3.63) is 28.8 Å². The second-order valence-corrected chi connectivity index (χ2v) is 2.85. The highest BCUT2D eigenvalue weighted by atomic mass is 35.5. The zero-order valence-electron chi connectivity index (χ0n) is 7.21. The van der Waals surface area contributed by atoms with Gasteiger partial charge in [-0.05, 0) is 25.1 Å². The van der Waals surface area contributed by atoms with Crippen molar-refractivity contribution < 1.29 is 9.53 Å². The maximum absolute atomic E-state index is 10.7. The second kappa shape index (κ2) is 4.14. The number of ether oxygens (including phenoxy) is 1. The van der Waals surface area contributed by atoms with Gasteiger partial charge >= 0.3 is 0 Å². The predicted molar refractivity (Wildman–Crippen MR) is 51.1 cm³/mol. The number of halogens is 1. The Morgan fingerprint density at radius 2 is 2.31 bits per heavy atom. The topological polar surface area (TPSA) is 52.3 Å². The van der Waals surface area contributed by atoms with Crippen molar-refractivity contribution in [1.82, 2.24) is 0 Å². The van der Waals surface area contributed by atoms with Crippen molar-refractivity contribution in [2.45, 2.75) is 6.92 Å². The van der Waals surface area contributed by atoms with E-state index < -0.39 is 5.91 Å². The van der Waals surface area contributed by atoms with Crippen LogP contribution in [0.2, 0.25) is 5.02 Å². The summed E-state index contributed by atoms with van der Waals surface area (Å²) < 4.78 is 5.19. The molecule has 1 aromatic rings. The third kappa shape index (κ3) is 2.36. The summed E-state index contributed by atoms with van der Waals surface area (Å²) in [4.78, 5) is 10.7. The summed E-state index contributed by atoms with van der Waals surface area (Å²) in [7, 11) is 0. The Bertz CT molecular complexity index is 325. The quantitative estimate of drug-likeness (QED) is 0.808. The number of primary amides is 1. The average molecular weight is 200 g/mol. The van der Waals surface area contributed by atoms with E-state index in [1.807, 2.05) is 6.92 Å². The third-order valence-electron chi connectivity index (χ3n) is 1.52. The average Bonchev–Trinajstić information content (AvgIpc) is 2.08. The number of hydrogen-bond donors (Lipinski definition) is 1. The number of hydrogen-bond acceptors (Lipinski definition) is 2. The van der Waals surface area contributed by atoms with E-state index in [4.69, 9.17) is 22.1 Å². The highest BCUT2D eigenvalue weighted by molar-refractivity contribution is 6.32. The standard InChI is InChI=1S/C9H10ClNO2/c1-2-13-8-4-3-6(9(11)12)5-7(8)10/h3-5H,2H2,1H3,(H2,11,12). The van der Waals surface area contributed by atoms with Crippen molar-refractivity contribution in [2.24, 2.45) is 5.73 Å². The molecule has 0 saturated carbocycles. The van der Waals surface area contributed by atoms with Gasteiger partial charge in [0.1, 0.15) is 5.75 Å². The van der Waals surface area contributed by atoms with Crippen LogP contribution in [0.5, 0.6) is 5.75 Å². The van der Waals surface area contributed by atoms with E-state index in [0.717, 1.165) is 0 Å². The predicted octanol–water partition coefficient (Wildman–Crippen LogP) is 1.84. The summed E-state index contributed by atoms with van der Waals surface area (Å²) >= 11 is 5.82. The minimum atomic E-state index is -0.495. The lowest BCUT2D eigenvalue weighted by atomic mass is 10.2. The first kappa shape index (κ1) is 9.86. The van der Waals surface area contributed by atoms with Gasteiger partial charge in [0.2, 0.25) is 5.91 Å². The summed E-state index contributed by atoms with van der Waals surface area (Å²) in [6, 6.07) is 4.71. The molecule has 3 nitrogen and oxygen atoms in total. The number of carbonyl (C=O) groups is 1. The van der Waals surface area contributed by atoms with Crippen LogP contribution in [0.25, 0.3) is 0 Å². The van der Waals surface area contributed by atoms with E-state index in [1.165, 1.54) is 6.07 Å². The van der Waals surface area contributed by atoms with Crippen LogP contribution in [0.3, 0.4) is 0 Å². The number of amides is 1. The van der Waals surface area contributed by atoms with Gasteiger partial charge < -0.3 is 10.5 Å². The van der Waals surface area contributed by atoms with Crippen molar-refractivity contribution in [2.75, 3.05) is 6.61 Å². The molecule has 0 aromatic heterocycles. The van der Waals surface area contributed by atoms with Gasteiger partial charge in [0.15, 0.2) is 0 Å². The molecule has 2 N–H and O–H groups in total. The number of rotatable bonds is 3. The normalized spacial score (nSPS) is 9.69. The van der Waals surface area contributed by atoms with Crippen LogP contribution < -0.4 is 10.5 Å². The molecule has 1 rings (SSSR count). The minimum absolute atomic E-state index is 0.383. The van der Waals surface area contributed by atoms with Gasteiger partial charge in [-0.25, -0.2) is 0 Å². The molecule has 0 aliphatic heterocycles. The molecule has 0 fully saturated rings. The molecule has 0 unspecified atom stereocenters. The zero-order chi connectivity index (χ0) is 9.84. The van der Waals surface area contributed by atoms with Gasteiger partial charge in [-0.15, -0.1) is 0 Å². The SMILES string of the molecule is CCOc1ccc(C(N)=O)cc1Cl. The van der Waals surface area contributed by atoms with Crippen LogP contribution in [0, 0.1) is 0 Å². The lowest BCUT2D eigenvalue weighted by Crippen LogP contribution is -2.10. The van der Waals surface area contributed by atoms with E-state index in [9.17, 15) is 4.79 Å². The number of nitrogens with two attached hydrogens (primary N) is 1. The molecule has 0 aliphatic carbocycles. The van der Waals surface area contributed by atoms with Gasteiger partial charge in [0.05, 0.1) is 11.6 Å². The fourth-order valence-electron chi connectivity index (χ4n) is 0.927. The second-order valence-electron chi connectivity index (χ2n) is 2.44. The highest BCUT2D eigenvalue weighted by Gasteiger charge is 2.05. The Morgan fingerprint density at radius 1 is 1.62 bits per heavy atom. The van der Waals surface area contributed by atoms with Crippen LogP contribution >= 0.6 is 11.6 Å². The number of benzene rings is 1. The first-order chi connectivity index (χ1) is 6.15. The van der Waals surface area contributed by atoms with Crippen LogP contribution in [-0.2, 0) is 0 Å². The van der Waals surface area contributed by atoms with Gasteiger partial charge in [0, 0.05) is 5.56 Å². The van der Waals surface area contributed by atoms with E-state index in [0.29, 0.717) is 22.9 Å². The molecule has 4 heteroatoms. The van der Waals surface area contributed by atoms with Gasteiger partial charge in [0.25, 0.3) is 0 Å². The van der Waals surface area contributed by atoms with Crippen LogP contribution in [0.1, 0.15) is 17.3 Å². The molecular weight excluding hydrogens is 190 g/mol. The van der Waals surface area contributed by atoms with Gasteiger partial charge in [-0.2, -0.15) is 0 Å². The maximum atomic E-state index is 10.7. The summed E-state index contributed by atoms with van der Waals surface area (Å²) in [5, 5.41) is 0.401. The Morgan fingerprint density at radius 3 is 2.77 bits per heavy atom. The molecule has 0 radical (unpaired) electrons. The fourth-order valence-corrected chi connectivity index (χ4v) is 1.16. The molecule has 1 aromatic carbocycles. The molecule has 0 atom stereocenters. The summed E-state index contributed by atoms with van der Waals surface area (Å²) in [6.07, 6.45) is 0. The van der Waals surface area contributed by atoms with Crippen LogP contribution in [-0.4, -0.2) is 12.5 Å². The molecule has 13 heavy (non-hydrogen) atoms. The molecule has 70 valence electrons. The van der Waals surface area contributed by atoms with Crippen molar-refractivity contribution in [3.63, 3.8) is 0 Å².